The minimum atomic E-state index is -0.161. The van der Waals surface area contributed by atoms with E-state index in [0.717, 1.165) is 16.2 Å². The van der Waals surface area contributed by atoms with Gasteiger partial charge in [0.15, 0.2) is 5.82 Å². The number of aromatic nitrogens is 3. The molecule has 0 spiro atoms. The van der Waals surface area contributed by atoms with E-state index < -0.39 is 0 Å². The summed E-state index contributed by atoms with van der Waals surface area (Å²) in [6.45, 7) is 0. The van der Waals surface area contributed by atoms with E-state index >= 15 is 0 Å². The normalized spacial score (nSPS) is 12.1. The summed E-state index contributed by atoms with van der Waals surface area (Å²) in [5.74, 6) is 1.32. The molecule has 1 aromatic carbocycles. The first-order chi connectivity index (χ1) is 11.3. The van der Waals surface area contributed by atoms with Crippen LogP contribution in [0.1, 0.15) is 5.56 Å². The molecule has 0 unspecified atom stereocenters. The molecule has 23 heavy (non-hydrogen) atoms. The molecule has 4 aromatic rings. The summed E-state index contributed by atoms with van der Waals surface area (Å²) in [6.07, 6.45) is 1.81. The Kier molecular flexibility index (Phi) is 3.44. The van der Waals surface area contributed by atoms with Gasteiger partial charge in [-0.15, -0.1) is 16.4 Å². The van der Waals surface area contributed by atoms with Gasteiger partial charge in [-0.3, -0.25) is 4.79 Å². The van der Waals surface area contributed by atoms with Crippen LogP contribution in [0.2, 0.25) is 0 Å². The number of fused-ring (bicyclic) bond motifs is 1. The summed E-state index contributed by atoms with van der Waals surface area (Å²) in [6, 6.07) is 11.5. The van der Waals surface area contributed by atoms with Gasteiger partial charge in [0.1, 0.15) is 5.75 Å². The van der Waals surface area contributed by atoms with Crippen LogP contribution in [0.5, 0.6) is 5.75 Å². The highest BCUT2D eigenvalue weighted by Gasteiger charge is 2.12. The number of benzene rings is 1. The Morgan fingerprint density at radius 1 is 1.22 bits per heavy atom. The van der Waals surface area contributed by atoms with Crippen LogP contribution in [0.3, 0.4) is 0 Å². The molecule has 0 saturated carbocycles. The number of thiophene rings is 1. The maximum atomic E-state index is 12.5. The topological polar surface area (TPSA) is 56.5 Å². The van der Waals surface area contributed by atoms with Crippen molar-refractivity contribution in [1.82, 2.24) is 14.6 Å². The molecule has 4 rings (SSSR count). The first-order valence-corrected chi connectivity index (χ1v) is 8.54. The van der Waals surface area contributed by atoms with Crippen LogP contribution in [-0.4, -0.2) is 21.7 Å². The van der Waals surface area contributed by atoms with Crippen molar-refractivity contribution in [3.8, 4) is 16.5 Å². The van der Waals surface area contributed by atoms with Gasteiger partial charge >= 0.3 is 0 Å². The molecule has 7 heteroatoms. The molecule has 0 aliphatic carbocycles. The predicted octanol–water partition coefficient (Wildman–Crippen LogP) is 2.44. The lowest BCUT2D eigenvalue weighted by molar-refractivity contribution is 0.414. The van der Waals surface area contributed by atoms with Gasteiger partial charge in [-0.1, -0.05) is 35.6 Å². The third kappa shape index (κ3) is 2.43. The Labute approximate surface area is 139 Å². The molecular weight excluding hydrogens is 330 g/mol. The maximum Gasteiger partial charge on any atom is 0.291 e. The molecular formula is C16H11N3O2S2. The SMILES string of the molecule is COc1ccccc1/C=c1/sc2nc(-c3cccs3)nn2c1=O. The second-order valence-corrected chi connectivity index (χ2v) is 6.72. The summed E-state index contributed by atoms with van der Waals surface area (Å²) < 4.78 is 7.26. The average Bonchev–Trinajstić information content (AvgIpc) is 3.27. The smallest absolute Gasteiger partial charge is 0.291 e. The van der Waals surface area contributed by atoms with Gasteiger partial charge < -0.3 is 4.74 Å². The van der Waals surface area contributed by atoms with E-state index in [1.807, 2.05) is 47.9 Å². The third-order valence-electron chi connectivity index (χ3n) is 3.35. The van der Waals surface area contributed by atoms with Gasteiger partial charge in [0.05, 0.1) is 16.5 Å². The second-order valence-electron chi connectivity index (χ2n) is 4.76. The maximum absolute atomic E-state index is 12.5. The highest BCUT2D eigenvalue weighted by Crippen LogP contribution is 2.22. The minimum absolute atomic E-state index is 0.161. The van der Waals surface area contributed by atoms with Crippen molar-refractivity contribution >= 4 is 33.7 Å². The van der Waals surface area contributed by atoms with E-state index in [1.54, 1.807) is 18.4 Å². The third-order valence-corrected chi connectivity index (χ3v) is 5.17. The fourth-order valence-corrected chi connectivity index (χ4v) is 3.82. The first-order valence-electron chi connectivity index (χ1n) is 6.84. The van der Waals surface area contributed by atoms with E-state index in [-0.39, 0.29) is 5.56 Å². The molecule has 0 aliphatic rings. The number of nitrogens with zero attached hydrogens (tertiary/aromatic N) is 3. The monoisotopic (exact) mass is 341 g/mol. The largest absolute Gasteiger partial charge is 0.496 e. The fraction of sp³-hybridized carbons (Fsp3) is 0.0625. The van der Waals surface area contributed by atoms with Crippen molar-refractivity contribution in [2.24, 2.45) is 0 Å². The van der Waals surface area contributed by atoms with Crippen molar-refractivity contribution in [2.75, 3.05) is 7.11 Å². The molecule has 5 nitrogen and oxygen atoms in total. The lowest BCUT2D eigenvalue weighted by Crippen LogP contribution is -2.23. The number of hydrogen-bond donors (Lipinski definition) is 0. The number of methoxy groups -OCH3 is 1. The van der Waals surface area contributed by atoms with Crippen LogP contribution in [0, 0.1) is 0 Å². The average molecular weight is 341 g/mol. The van der Waals surface area contributed by atoms with Crippen LogP contribution in [0.15, 0.2) is 46.6 Å². The number of para-hydroxylation sites is 1. The van der Waals surface area contributed by atoms with Crippen molar-refractivity contribution in [3.63, 3.8) is 0 Å². The van der Waals surface area contributed by atoms with Gasteiger partial charge in [-0.25, -0.2) is 0 Å². The summed E-state index contributed by atoms with van der Waals surface area (Å²) in [5, 5.41) is 6.28. The number of ether oxygens (including phenoxy) is 1. The molecule has 0 N–H and O–H groups in total. The molecule has 3 heterocycles. The van der Waals surface area contributed by atoms with Gasteiger partial charge in [0.25, 0.3) is 5.56 Å². The molecule has 0 atom stereocenters. The van der Waals surface area contributed by atoms with Crippen LogP contribution in [-0.2, 0) is 0 Å². The molecule has 0 fully saturated rings. The zero-order valence-electron chi connectivity index (χ0n) is 12.1. The van der Waals surface area contributed by atoms with E-state index in [1.165, 1.54) is 15.9 Å². The van der Waals surface area contributed by atoms with E-state index in [2.05, 4.69) is 10.1 Å². The second kappa shape index (κ2) is 5.60. The molecule has 0 saturated heterocycles. The fourth-order valence-electron chi connectivity index (χ4n) is 2.27. The summed E-state index contributed by atoms with van der Waals surface area (Å²) in [7, 11) is 1.61. The Hall–Kier alpha value is -2.51. The molecule has 0 bridgehead atoms. The first kappa shape index (κ1) is 14.1. The highest BCUT2D eigenvalue weighted by atomic mass is 32.1. The molecule has 114 valence electrons. The van der Waals surface area contributed by atoms with Crippen LogP contribution >= 0.6 is 22.7 Å². The van der Waals surface area contributed by atoms with E-state index in [9.17, 15) is 4.79 Å². The molecule has 0 aliphatic heterocycles. The number of rotatable bonds is 3. The lowest BCUT2D eigenvalue weighted by Gasteiger charge is -2.02. The number of hydrogen-bond acceptors (Lipinski definition) is 6. The van der Waals surface area contributed by atoms with E-state index in [4.69, 9.17) is 4.74 Å². The number of thiazole rings is 1. The molecule has 0 amide bonds. The van der Waals surface area contributed by atoms with Crippen LogP contribution in [0.25, 0.3) is 21.7 Å². The van der Waals surface area contributed by atoms with Crippen molar-refractivity contribution in [1.29, 1.82) is 0 Å². The predicted molar refractivity (Wildman–Crippen MR) is 92.2 cm³/mol. The Bertz CT molecular complexity index is 1080. The van der Waals surface area contributed by atoms with Gasteiger partial charge in [-0.2, -0.15) is 9.50 Å². The summed E-state index contributed by atoms with van der Waals surface area (Å²) in [5.41, 5.74) is 0.696. The summed E-state index contributed by atoms with van der Waals surface area (Å²) >= 11 is 2.88. The quantitative estimate of drug-likeness (QED) is 0.574. The van der Waals surface area contributed by atoms with Crippen molar-refractivity contribution in [2.45, 2.75) is 0 Å². The standard InChI is InChI=1S/C16H11N3O2S2/c1-21-11-6-3-2-5-10(11)9-13-15(20)19-16(23-13)17-14(18-19)12-7-4-8-22-12/h2-9H,1H3/b13-9+. The van der Waals surface area contributed by atoms with Gasteiger partial charge in [0, 0.05) is 5.56 Å². The lowest BCUT2D eigenvalue weighted by atomic mass is 10.2. The zero-order chi connectivity index (χ0) is 15.8. The molecule has 3 aromatic heterocycles. The Morgan fingerprint density at radius 2 is 2.09 bits per heavy atom. The summed E-state index contributed by atoms with van der Waals surface area (Å²) in [4.78, 5) is 18.5. The van der Waals surface area contributed by atoms with Crippen molar-refractivity contribution < 1.29 is 4.74 Å². The molecule has 0 radical (unpaired) electrons. The Balaban J connectivity index is 1.86. The Morgan fingerprint density at radius 3 is 2.83 bits per heavy atom. The van der Waals surface area contributed by atoms with Gasteiger partial charge in [-0.05, 0) is 23.6 Å². The van der Waals surface area contributed by atoms with Gasteiger partial charge in [0.2, 0.25) is 4.96 Å². The highest BCUT2D eigenvalue weighted by molar-refractivity contribution is 7.15. The van der Waals surface area contributed by atoms with Crippen LogP contribution in [0.4, 0.5) is 0 Å². The minimum Gasteiger partial charge on any atom is -0.496 e. The van der Waals surface area contributed by atoms with Crippen LogP contribution < -0.4 is 14.8 Å². The van der Waals surface area contributed by atoms with Crippen molar-refractivity contribution in [3.05, 3.63) is 62.2 Å². The zero-order valence-corrected chi connectivity index (χ0v) is 13.7. The van der Waals surface area contributed by atoms with E-state index in [0.29, 0.717) is 15.3 Å².